The van der Waals surface area contributed by atoms with E-state index in [1.54, 1.807) is 0 Å². The number of carbonyl (C=O) groups is 2. The number of nitro benzene ring substituents is 1. The van der Waals surface area contributed by atoms with E-state index in [4.69, 9.17) is 5.11 Å². The number of methoxy groups -OCH3 is 1. The van der Waals surface area contributed by atoms with Crippen molar-refractivity contribution in [2.45, 2.75) is 30.6 Å². The second kappa shape index (κ2) is 9.11. The number of carboxylic acid groups (broad SMARTS) is 1. The Morgan fingerprint density at radius 2 is 1.86 bits per heavy atom. The van der Waals surface area contributed by atoms with Crippen molar-refractivity contribution in [3.8, 4) is 0 Å². The maximum atomic E-state index is 13.1. The number of nitrogens with zero attached hydrogens (tertiary/aromatic N) is 2. The molecule has 154 valence electrons. The van der Waals surface area contributed by atoms with E-state index in [2.05, 4.69) is 4.74 Å². The summed E-state index contributed by atoms with van der Waals surface area (Å²) in [5.74, 6) is -2.28. The first kappa shape index (κ1) is 21.8. The summed E-state index contributed by atoms with van der Waals surface area (Å²) in [6, 6.07) is 4.93. The van der Waals surface area contributed by atoms with Gasteiger partial charge in [0, 0.05) is 12.6 Å². The van der Waals surface area contributed by atoms with Crippen molar-refractivity contribution in [3.05, 3.63) is 34.4 Å². The van der Waals surface area contributed by atoms with Crippen LogP contribution in [-0.4, -0.2) is 54.9 Å². The van der Waals surface area contributed by atoms with E-state index in [1.165, 1.54) is 12.1 Å². The fourth-order valence-electron chi connectivity index (χ4n) is 3.30. The van der Waals surface area contributed by atoms with Crippen LogP contribution >= 0.6 is 0 Å². The number of ether oxygens (including phenoxy) is 1. The summed E-state index contributed by atoms with van der Waals surface area (Å²) < 4.78 is 31.6. The number of aliphatic carboxylic acids is 1. The van der Waals surface area contributed by atoms with Crippen LogP contribution in [0.1, 0.15) is 25.7 Å². The SMILES string of the molecule is COC(=O)CN(C[C@H]1CC[C@H](C(=O)O)CC1)S(=O)(=O)c1ccccc1[N+](=O)[O-]. The Balaban J connectivity index is 2.29. The van der Waals surface area contributed by atoms with Gasteiger partial charge in [-0.3, -0.25) is 19.7 Å². The Labute approximate surface area is 162 Å². The number of hydrogen-bond acceptors (Lipinski definition) is 7. The van der Waals surface area contributed by atoms with Crippen LogP contribution < -0.4 is 0 Å². The molecule has 0 bridgehead atoms. The normalized spacial score (nSPS) is 19.9. The molecule has 1 aromatic carbocycles. The summed E-state index contributed by atoms with van der Waals surface area (Å²) >= 11 is 0. The number of benzene rings is 1. The quantitative estimate of drug-likeness (QED) is 0.384. The van der Waals surface area contributed by atoms with E-state index in [1.807, 2.05) is 0 Å². The summed E-state index contributed by atoms with van der Waals surface area (Å²) in [5.41, 5.74) is -0.577. The molecule has 0 unspecified atom stereocenters. The van der Waals surface area contributed by atoms with Crippen molar-refractivity contribution in [3.63, 3.8) is 0 Å². The van der Waals surface area contributed by atoms with Gasteiger partial charge in [-0.2, -0.15) is 4.31 Å². The molecule has 1 N–H and O–H groups in total. The zero-order valence-electron chi connectivity index (χ0n) is 15.3. The zero-order valence-corrected chi connectivity index (χ0v) is 16.1. The molecule has 1 aromatic rings. The lowest BCUT2D eigenvalue weighted by atomic mass is 9.82. The highest BCUT2D eigenvalue weighted by Gasteiger charge is 2.35. The van der Waals surface area contributed by atoms with Crippen molar-refractivity contribution in [2.75, 3.05) is 20.2 Å². The molecule has 10 nitrogen and oxygen atoms in total. The van der Waals surface area contributed by atoms with Gasteiger partial charge in [0.15, 0.2) is 4.90 Å². The summed E-state index contributed by atoms with van der Waals surface area (Å²) in [5, 5.41) is 20.3. The van der Waals surface area contributed by atoms with E-state index in [0.29, 0.717) is 25.7 Å². The fourth-order valence-corrected chi connectivity index (χ4v) is 4.92. The molecule has 0 amide bonds. The molecule has 1 fully saturated rings. The summed E-state index contributed by atoms with van der Waals surface area (Å²) in [4.78, 5) is 32.8. The second-order valence-corrected chi connectivity index (χ2v) is 8.56. The average molecular weight is 414 g/mol. The molecule has 0 aromatic heterocycles. The maximum Gasteiger partial charge on any atom is 0.321 e. The molecule has 0 radical (unpaired) electrons. The molecule has 0 heterocycles. The van der Waals surface area contributed by atoms with Gasteiger partial charge in [0.05, 0.1) is 18.0 Å². The Bertz CT molecular complexity index is 846. The van der Waals surface area contributed by atoms with E-state index in [-0.39, 0.29) is 12.5 Å². The molecule has 0 atom stereocenters. The number of para-hydroxylation sites is 1. The van der Waals surface area contributed by atoms with Crippen molar-refractivity contribution in [1.29, 1.82) is 0 Å². The predicted octanol–water partition coefficient (Wildman–Crippen LogP) is 1.65. The Morgan fingerprint density at radius 3 is 2.39 bits per heavy atom. The molecule has 11 heteroatoms. The van der Waals surface area contributed by atoms with Crippen LogP contribution in [-0.2, 0) is 24.3 Å². The van der Waals surface area contributed by atoms with Crippen molar-refractivity contribution in [1.82, 2.24) is 4.31 Å². The lowest BCUT2D eigenvalue weighted by Gasteiger charge is -2.30. The maximum absolute atomic E-state index is 13.1. The van der Waals surface area contributed by atoms with Gasteiger partial charge in [-0.15, -0.1) is 0 Å². The summed E-state index contributed by atoms with van der Waals surface area (Å²) in [7, 11) is -3.22. The Hall–Kier alpha value is -2.53. The lowest BCUT2D eigenvalue weighted by molar-refractivity contribution is -0.387. The van der Waals surface area contributed by atoms with Gasteiger partial charge in [-0.05, 0) is 37.7 Å². The van der Waals surface area contributed by atoms with Crippen LogP contribution in [0.25, 0.3) is 0 Å². The minimum absolute atomic E-state index is 0.0458. The molecular weight excluding hydrogens is 392 g/mol. The van der Waals surface area contributed by atoms with Crippen LogP contribution in [0.3, 0.4) is 0 Å². The number of carboxylic acids is 1. The largest absolute Gasteiger partial charge is 0.481 e. The van der Waals surface area contributed by atoms with Gasteiger partial charge in [-0.25, -0.2) is 8.42 Å². The number of nitro groups is 1. The van der Waals surface area contributed by atoms with Gasteiger partial charge in [-0.1, -0.05) is 12.1 Å². The lowest BCUT2D eigenvalue weighted by Crippen LogP contribution is -2.40. The smallest absolute Gasteiger partial charge is 0.321 e. The molecular formula is C17H22N2O8S. The Kier molecular flexibility index (Phi) is 7.08. The summed E-state index contributed by atoms with van der Waals surface area (Å²) in [6.45, 7) is -0.625. The highest BCUT2D eigenvalue weighted by atomic mass is 32.2. The third-order valence-electron chi connectivity index (χ3n) is 4.87. The zero-order chi connectivity index (χ0) is 20.9. The molecule has 0 spiro atoms. The summed E-state index contributed by atoms with van der Waals surface area (Å²) in [6.07, 6.45) is 1.80. The van der Waals surface area contributed by atoms with Crippen LogP contribution in [0.15, 0.2) is 29.2 Å². The highest BCUT2D eigenvalue weighted by Crippen LogP contribution is 2.32. The Morgan fingerprint density at radius 1 is 1.25 bits per heavy atom. The monoisotopic (exact) mass is 414 g/mol. The van der Waals surface area contributed by atoms with Gasteiger partial charge >= 0.3 is 11.9 Å². The number of sulfonamides is 1. The third kappa shape index (κ3) is 5.04. The van der Waals surface area contributed by atoms with Gasteiger partial charge in [0.1, 0.15) is 6.54 Å². The van der Waals surface area contributed by atoms with Crippen molar-refractivity contribution < 1.29 is 32.8 Å². The molecule has 0 aliphatic heterocycles. The third-order valence-corrected chi connectivity index (χ3v) is 6.73. The predicted molar refractivity (Wildman–Crippen MR) is 97.0 cm³/mol. The van der Waals surface area contributed by atoms with Crippen LogP contribution in [0.2, 0.25) is 0 Å². The second-order valence-electron chi connectivity index (χ2n) is 6.65. The van der Waals surface area contributed by atoms with Crippen LogP contribution in [0, 0.1) is 22.0 Å². The highest BCUT2D eigenvalue weighted by molar-refractivity contribution is 7.89. The van der Waals surface area contributed by atoms with Crippen LogP contribution in [0.4, 0.5) is 5.69 Å². The molecule has 1 saturated carbocycles. The number of carbonyl (C=O) groups excluding carboxylic acids is 1. The van der Waals surface area contributed by atoms with E-state index >= 15 is 0 Å². The molecule has 1 aliphatic rings. The van der Waals surface area contributed by atoms with Crippen LogP contribution in [0.5, 0.6) is 0 Å². The topological polar surface area (TPSA) is 144 Å². The van der Waals surface area contributed by atoms with E-state index in [0.717, 1.165) is 23.5 Å². The number of esters is 1. The first-order valence-corrected chi connectivity index (χ1v) is 10.1. The molecule has 2 rings (SSSR count). The number of hydrogen-bond donors (Lipinski definition) is 1. The molecule has 28 heavy (non-hydrogen) atoms. The molecule has 0 saturated heterocycles. The average Bonchev–Trinajstić information content (AvgIpc) is 2.67. The standard InChI is InChI=1S/C17H22N2O8S/c1-27-16(20)11-18(10-12-6-8-13(9-7-12)17(21)22)28(25,26)15-5-3-2-4-14(15)19(23)24/h2-5,12-13H,6-11H2,1H3,(H,21,22)/t12-,13-. The minimum Gasteiger partial charge on any atom is -0.481 e. The van der Waals surface area contributed by atoms with Gasteiger partial charge < -0.3 is 9.84 Å². The first-order valence-electron chi connectivity index (χ1n) is 8.70. The number of rotatable bonds is 8. The van der Waals surface area contributed by atoms with E-state index < -0.39 is 49.9 Å². The van der Waals surface area contributed by atoms with Crippen molar-refractivity contribution >= 4 is 27.6 Å². The van der Waals surface area contributed by atoms with Crippen molar-refractivity contribution in [2.24, 2.45) is 11.8 Å². The van der Waals surface area contributed by atoms with Gasteiger partial charge in [0.25, 0.3) is 5.69 Å². The molecule has 1 aliphatic carbocycles. The van der Waals surface area contributed by atoms with E-state index in [9.17, 15) is 28.1 Å². The van der Waals surface area contributed by atoms with Gasteiger partial charge in [0.2, 0.25) is 10.0 Å². The first-order chi connectivity index (χ1) is 13.2. The fraction of sp³-hybridized carbons (Fsp3) is 0.529. The minimum atomic E-state index is -4.34.